The lowest BCUT2D eigenvalue weighted by molar-refractivity contribution is 0.241. The van der Waals surface area contributed by atoms with Gasteiger partial charge in [-0.3, -0.25) is 4.98 Å². The summed E-state index contributed by atoms with van der Waals surface area (Å²) in [6.45, 7) is 15.7. The molecule has 36 heavy (non-hydrogen) atoms. The normalized spacial score (nSPS) is 14.3. The van der Waals surface area contributed by atoms with E-state index >= 15 is 0 Å². The van der Waals surface area contributed by atoms with Crippen molar-refractivity contribution in [3.63, 3.8) is 0 Å². The molecule has 0 fully saturated rings. The van der Waals surface area contributed by atoms with Crippen LogP contribution in [-0.4, -0.2) is 26.8 Å². The number of hydrogen-bond acceptors (Lipinski definition) is 4. The van der Waals surface area contributed by atoms with Gasteiger partial charge in [-0.25, -0.2) is 8.91 Å². The van der Waals surface area contributed by atoms with Crippen molar-refractivity contribution < 1.29 is 4.39 Å². The minimum atomic E-state index is -0.887. The second kappa shape index (κ2) is 14.0. The van der Waals surface area contributed by atoms with Crippen molar-refractivity contribution in [3.8, 4) is 0 Å². The quantitative estimate of drug-likeness (QED) is 0.275. The van der Waals surface area contributed by atoms with Crippen LogP contribution in [0.15, 0.2) is 55.1 Å². The van der Waals surface area contributed by atoms with Gasteiger partial charge < -0.3 is 11.1 Å². The number of allylic oxidation sites excluding steroid dienone is 2. The molecule has 7 heteroatoms. The minimum Gasteiger partial charge on any atom is -0.397 e. The lowest BCUT2D eigenvalue weighted by atomic mass is 10.0. The van der Waals surface area contributed by atoms with Gasteiger partial charge in [-0.1, -0.05) is 50.9 Å². The zero-order chi connectivity index (χ0) is 26.8. The van der Waals surface area contributed by atoms with Gasteiger partial charge in [0.15, 0.2) is 0 Å². The number of nitrogens with one attached hydrogen (secondary N) is 1. The molecule has 0 aliphatic carbocycles. The fraction of sp³-hybridized carbons (Fsp3) is 0.448. The maximum absolute atomic E-state index is 14.1. The van der Waals surface area contributed by atoms with E-state index in [2.05, 4.69) is 48.0 Å². The number of aromatic nitrogens is 3. The van der Waals surface area contributed by atoms with Gasteiger partial charge in [-0.05, 0) is 63.3 Å². The van der Waals surface area contributed by atoms with E-state index in [1.165, 1.54) is 5.56 Å². The van der Waals surface area contributed by atoms with Crippen LogP contribution >= 0.6 is 11.6 Å². The number of halogens is 2. The molecule has 0 aromatic carbocycles. The highest BCUT2D eigenvalue weighted by Gasteiger charge is 2.19. The lowest BCUT2D eigenvalue weighted by Crippen LogP contribution is -2.37. The van der Waals surface area contributed by atoms with Gasteiger partial charge in [0.2, 0.25) is 0 Å². The Hall–Kier alpha value is -2.86. The Morgan fingerprint density at radius 3 is 2.50 bits per heavy atom. The molecule has 3 N–H and O–H groups in total. The monoisotopic (exact) mass is 513 g/mol. The van der Waals surface area contributed by atoms with E-state index in [1.54, 1.807) is 10.7 Å². The fourth-order valence-corrected chi connectivity index (χ4v) is 4.41. The van der Waals surface area contributed by atoms with Crippen molar-refractivity contribution in [2.75, 3.05) is 0 Å². The van der Waals surface area contributed by atoms with Crippen LogP contribution in [0.5, 0.6) is 0 Å². The van der Waals surface area contributed by atoms with E-state index in [9.17, 15) is 4.39 Å². The van der Waals surface area contributed by atoms with Gasteiger partial charge in [-0.2, -0.15) is 5.10 Å². The van der Waals surface area contributed by atoms with E-state index in [0.29, 0.717) is 23.1 Å². The van der Waals surface area contributed by atoms with Crippen molar-refractivity contribution in [1.29, 1.82) is 0 Å². The van der Waals surface area contributed by atoms with E-state index in [-0.39, 0.29) is 6.04 Å². The van der Waals surface area contributed by atoms with Crippen LogP contribution in [0.1, 0.15) is 81.7 Å². The number of rotatable bonds is 10. The molecule has 0 aliphatic heterocycles. The predicted molar refractivity (Wildman–Crippen MR) is 151 cm³/mol. The van der Waals surface area contributed by atoms with Crippen LogP contribution in [-0.2, 0) is 0 Å². The number of pyridine rings is 2. The Bertz CT molecular complexity index is 1150. The van der Waals surface area contributed by atoms with Gasteiger partial charge >= 0.3 is 0 Å². The van der Waals surface area contributed by atoms with Gasteiger partial charge in [0.25, 0.3) is 0 Å². The highest BCUT2D eigenvalue weighted by molar-refractivity contribution is 6.34. The summed E-state index contributed by atoms with van der Waals surface area (Å²) >= 11 is 6.15. The van der Waals surface area contributed by atoms with Crippen molar-refractivity contribution in [2.45, 2.75) is 85.4 Å². The minimum absolute atomic E-state index is 0.220. The molecule has 3 atom stereocenters. The summed E-state index contributed by atoms with van der Waals surface area (Å²) < 4.78 is 15.9. The van der Waals surface area contributed by atoms with Crippen molar-refractivity contribution in [3.05, 3.63) is 82.5 Å². The number of fused-ring (bicyclic) bond motifs is 1. The molecule has 0 bridgehead atoms. The molecular weight excluding hydrogens is 473 g/mol. The molecule has 0 saturated heterocycles. The number of alkyl halides is 1. The summed E-state index contributed by atoms with van der Waals surface area (Å²) in [5.74, 6) is 0.408. The molecule has 3 aromatic rings. The van der Waals surface area contributed by atoms with Gasteiger partial charge in [-0.15, -0.1) is 6.58 Å². The van der Waals surface area contributed by atoms with Crippen molar-refractivity contribution in [1.82, 2.24) is 19.9 Å². The average molecular weight is 514 g/mol. The SMILES string of the molecule is C=CC(CC)c1ccc(C)cn1.CCCC(N/C(C)=C(\N)c1cc(C)c2c(Cl)cnn2c1)C(F)CC. The largest absolute Gasteiger partial charge is 0.397 e. The predicted octanol–water partition coefficient (Wildman–Crippen LogP) is 7.52. The van der Waals surface area contributed by atoms with E-state index in [4.69, 9.17) is 17.3 Å². The van der Waals surface area contributed by atoms with Crippen molar-refractivity contribution >= 4 is 22.8 Å². The Morgan fingerprint density at radius 2 is 1.94 bits per heavy atom. The van der Waals surface area contributed by atoms with E-state index in [0.717, 1.165) is 47.3 Å². The molecule has 0 spiro atoms. The summed E-state index contributed by atoms with van der Waals surface area (Å²) in [7, 11) is 0. The molecule has 5 nitrogen and oxygen atoms in total. The Labute approximate surface area is 220 Å². The van der Waals surface area contributed by atoms with Gasteiger partial charge in [0.1, 0.15) is 6.17 Å². The zero-order valence-corrected chi connectivity index (χ0v) is 23.2. The van der Waals surface area contributed by atoms with Crippen LogP contribution < -0.4 is 11.1 Å². The molecule has 0 saturated carbocycles. The summed E-state index contributed by atoms with van der Waals surface area (Å²) in [4.78, 5) is 4.35. The Balaban J connectivity index is 0.000000319. The summed E-state index contributed by atoms with van der Waals surface area (Å²) in [6, 6.07) is 5.92. The number of hydrogen-bond donors (Lipinski definition) is 2. The average Bonchev–Trinajstić information content (AvgIpc) is 3.26. The van der Waals surface area contributed by atoms with Crippen LogP contribution in [0.3, 0.4) is 0 Å². The van der Waals surface area contributed by atoms with Gasteiger partial charge in [0, 0.05) is 35.3 Å². The molecule has 196 valence electrons. The first-order valence-corrected chi connectivity index (χ1v) is 13.1. The standard InChI is InChI=1S/C18H26ClFN4.C11H15N/c1-5-7-16(15(20)6-2)23-12(4)17(21)13-8-11(3)18-14(19)9-22-24(18)10-13;1-4-10(5-2)11-7-6-9(3)8-12-11/h8-10,15-16,23H,5-7,21H2,1-4H3;4,6-8,10H,1,5H2,2-3H3/b17-12-;. The lowest BCUT2D eigenvalue weighted by Gasteiger charge is -2.24. The summed E-state index contributed by atoms with van der Waals surface area (Å²) in [6.07, 6.45) is 9.68. The van der Waals surface area contributed by atoms with Crippen molar-refractivity contribution in [2.24, 2.45) is 5.73 Å². The maximum Gasteiger partial charge on any atom is 0.120 e. The number of nitrogens with zero attached hydrogens (tertiary/aromatic N) is 3. The first-order chi connectivity index (χ1) is 17.2. The third-order valence-corrected chi connectivity index (χ3v) is 6.62. The molecule has 3 rings (SSSR count). The molecule has 0 aliphatic rings. The molecule has 3 heterocycles. The number of aryl methyl sites for hydroxylation is 2. The summed E-state index contributed by atoms with van der Waals surface area (Å²) in [5.41, 5.74) is 12.7. The Morgan fingerprint density at radius 1 is 1.22 bits per heavy atom. The smallest absolute Gasteiger partial charge is 0.120 e. The first-order valence-electron chi connectivity index (χ1n) is 12.7. The van der Waals surface area contributed by atoms with Crippen LogP contribution in [0, 0.1) is 13.8 Å². The molecular formula is C29H41ClFN5. The van der Waals surface area contributed by atoms with Crippen LogP contribution in [0.4, 0.5) is 4.39 Å². The molecule has 0 radical (unpaired) electrons. The third kappa shape index (κ3) is 7.57. The highest BCUT2D eigenvalue weighted by Crippen LogP contribution is 2.24. The van der Waals surface area contributed by atoms with Crippen LogP contribution in [0.2, 0.25) is 5.02 Å². The van der Waals surface area contributed by atoms with Crippen LogP contribution in [0.25, 0.3) is 11.2 Å². The fourth-order valence-electron chi connectivity index (χ4n) is 4.13. The second-order valence-corrected chi connectivity index (χ2v) is 9.62. The number of nitrogens with two attached hydrogens (primary N) is 1. The van der Waals surface area contributed by atoms with E-state index in [1.807, 2.05) is 52.2 Å². The second-order valence-electron chi connectivity index (χ2n) is 9.21. The summed E-state index contributed by atoms with van der Waals surface area (Å²) in [5, 5.41) is 8.12. The Kier molecular flexibility index (Phi) is 11.4. The van der Waals surface area contributed by atoms with E-state index < -0.39 is 6.17 Å². The van der Waals surface area contributed by atoms with Gasteiger partial charge in [0.05, 0.1) is 28.5 Å². The molecule has 0 amide bonds. The zero-order valence-electron chi connectivity index (χ0n) is 22.5. The third-order valence-electron chi connectivity index (χ3n) is 6.34. The maximum atomic E-state index is 14.1. The topological polar surface area (TPSA) is 68.2 Å². The molecule has 3 unspecified atom stereocenters. The first kappa shape index (κ1) is 29.4. The highest BCUT2D eigenvalue weighted by atomic mass is 35.5. The molecule has 3 aromatic heterocycles.